The highest BCUT2D eigenvalue weighted by molar-refractivity contribution is 7.13. The summed E-state index contributed by atoms with van der Waals surface area (Å²) in [4.78, 5) is 9.06. The molecule has 1 aromatic carbocycles. The summed E-state index contributed by atoms with van der Waals surface area (Å²) >= 11 is 3.34. The molecule has 26 heavy (non-hydrogen) atoms. The van der Waals surface area contributed by atoms with Crippen LogP contribution in [0.15, 0.2) is 63.8 Å². The monoisotopic (exact) mass is 383 g/mol. The number of nitrogens with zero attached hydrogens (tertiary/aromatic N) is 3. The van der Waals surface area contributed by atoms with Crippen LogP contribution in [0.4, 0.5) is 5.69 Å². The summed E-state index contributed by atoms with van der Waals surface area (Å²) in [7, 11) is 1.67. The lowest BCUT2D eigenvalue weighted by Crippen LogP contribution is -2.21. The summed E-state index contributed by atoms with van der Waals surface area (Å²) in [5, 5.41) is 8.20. The average molecular weight is 383 g/mol. The number of aromatic nitrogens is 2. The van der Waals surface area contributed by atoms with Crippen molar-refractivity contribution in [3.05, 3.63) is 70.1 Å². The molecule has 0 radical (unpaired) electrons. The Kier molecular flexibility index (Phi) is 4.99. The number of methoxy groups -OCH3 is 1. The van der Waals surface area contributed by atoms with Gasteiger partial charge in [-0.25, -0.2) is 0 Å². The summed E-state index contributed by atoms with van der Waals surface area (Å²) in [6.07, 6.45) is 0. The largest absolute Gasteiger partial charge is 0.497 e. The maximum absolute atomic E-state index is 5.49. The lowest BCUT2D eigenvalue weighted by molar-refractivity contribution is 0.376. The standard InChI is InChI=1S/C19H17N3O2S2/c1-23-15-8-6-14(7-9-15)22(12-16-4-2-10-25-16)13-18-20-19(21-24-18)17-5-3-11-26-17/h2-11H,12-13H2,1H3. The van der Waals surface area contributed by atoms with E-state index in [2.05, 4.69) is 32.6 Å². The molecule has 0 saturated carbocycles. The zero-order chi connectivity index (χ0) is 17.8. The van der Waals surface area contributed by atoms with Crippen molar-refractivity contribution in [2.75, 3.05) is 12.0 Å². The molecule has 0 atom stereocenters. The molecule has 0 N–H and O–H groups in total. The zero-order valence-electron chi connectivity index (χ0n) is 14.2. The Hall–Kier alpha value is -2.64. The fourth-order valence-electron chi connectivity index (χ4n) is 2.61. The fraction of sp³-hybridized carbons (Fsp3) is 0.158. The van der Waals surface area contributed by atoms with Gasteiger partial charge in [-0.05, 0) is 47.2 Å². The molecule has 0 spiro atoms. The maximum atomic E-state index is 5.49. The third-order valence-corrected chi connectivity index (χ3v) is 5.63. The molecule has 0 bridgehead atoms. The third-order valence-electron chi connectivity index (χ3n) is 3.90. The molecule has 4 aromatic rings. The quantitative estimate of drug-likeness (QED) is 0.446. The van der Waals surface area contributed by atoms with E-state index in [1.165, 1.54) is 4.88 Å². The minimum atomic E-state index is 0.544. The van der Waals surface area contributed by atoms with Crippen LogP contribution in [0.2, 0.25) is 0 Å². The van der Waals surface area contributed by atoms with Gasteiger partial charge in [0.1, 0.15) is 5.75 Å². The SMILES string of the molecule is COc1ccc(N(Cc2nc(-c3cccs3)no2)Cc2cccs2)cc1. The second kappa shape index (κ2) is 7.72. The predicted octanol–water partition coefficient (Wildman–Crippen LogP) is 5.08. The fourth-order valence-corrected chi connectivity index (χ4v) is 3.98. The van der Waals surface area contributed by atoms with Gasteiger partial charge in [-0.2, -0.15) is 4.98 Å². The lowest BCUT2D eigenvalue weighted by Gasteiger charge is -2.22. The number of hydrogen-bond acceptors (Lipinski definition) is 7. The first-order valence-electron chi connectivity index (χ1n) is 8.09. The van der Waals surface area contributed by atoms with Crippen LogP contribution in [0.25, 0.3) is 10.7 Å². The second-order valence-corrected chi connectivity index (χ2v) is 7.60. The van der Waals surface area contributed by atoms with Gasteiger partial charge in [-0.15, -0.1) is 22.7 Å². The second-order valence-electron chi connectivity index (χ2n) is 5.62. The van der Waals surface area contributed by atoms with Gasteiger partial charge in [0.2, 0.25) is 11.7 Å². The van der Waals surface area contributed by atoms with Crippen molar-refractivity contribution in [2.24, 2.45) is 0 Å². The number of ether oxygens (including phenoxy) is 1. The Morgan fingerprint density at radius 3 is 2.50 bits per heavy atom. The molecule has 4 rings (SSSR count). The van der Waals surface area contributed by atoms with Crippen LogP contribution in [-0.2, 0) is 13.1 Å². The third kappa shape index (κ3) is 3.79. The molecule has 0 saturated heterocycles. The molecule has 3 heterocycles. The Balaban J connectivity index is 1.58. The Morgan fingerprint density at radius 2 is 1.81 bits per heavy atom. The number of anilines is 1. The maximum Gasteiger partial charge on any atom is 0.246 e. The first-order valence-corrected chi connectivity index (χ1v) is 9.85. The van der Waals surface area contributed by atoms with Gasteiger partial charge >= 0.3 is 0 Å². The van der Waals surface area contributed by atoms with Crippen molar-refractivity contribution in [1.82, 2.24) is 10.1 Å². The van der Waals surface area contributed by atoms with Crippen molar-refractivity contribution < 1.29 is 9.26 Å². The van der Waals surface area contributed by atoms with Crippen LogP contribution in [-0.4, -0.2) is 17.3 Å². The van der Waals surface area contributed by atoms with Gasteiger partial charge in [0.05, 0.1) is 25.1 Å². The summed E-state index contributed by atoms with van der Waals surface area (Å²) < 4.78 is 10.7. The Labute approximate surface area is 159 Å². The van der Waals surface area contributed by atoms with Gasteiger partial charge in [0.15, 0.2) is 0 Å². The number of thiophene rings is 2. The van der Waals surface area contributed by atoms with Crippen LogP contribution in [0.5, 0.6) is 5.75 Å². The molecule has 0 unspecified atom stereocenters. The van der Waals surface area contributed by atoms with Crippen LogP contribution < -0.4 is 9.64 Å². The van der Waals surface area contributed by atoms with Crippen molar-refractivity contribution in [1.29, 1.82) is 0 Å². The number of benzene rings is 1. The first kappa shape index (κ1) is 16.8. The van der Waals surface area contributed by atoms with Crippen molar-refractivity contribution >= 4 is 28.4 Å². The van der Waals surface area contributed by atoms with Crippen LogP contribution in [0.1, 0.15) is 10.8 Å². The Bertz CT molecular complexity index is 932. The highest BCUT2D eigenvalue weighted by atomic mass is 32.1. The normalized spacial score (nSPS) is 10.8. The molecule has 132 valence electrons. The predicted molar refractivity (Wildman–Crippen MR) is 105 cm³/mol. The molecule has 0 aliphatic carbocycles. The summed E-state index contributed by atoms with van der Waals surface area (Å²) in [6, 6.07) is 16.2. The molecule has 7 heteroatoms. The van der Waals surface area contributed by atoms with Gasteiger partial charge < -0.3 is 14.2 Å². The van der Waals surface area contributed by atoms with E-state index in [0.717, 1.165) is 22.9 Å². The lowest BCUT2D eigenvalue weighted by atomic mass is 10.2. The van der Waals surface area contributed by atoms with Crippen LogP contribution in [0.3, 0.4) is 0 Å². The molecule has 5 nitrogen and oxygen atoms in total. The average Bonchev–Trinajstić information content (AvgIpc) is 3.43. The molecule has 0 aliphatic heterocycles. The number of hydrogen-bond donors (Lipinski definition) is 0. The first-order chi connectivity index (χ1) is 12.8. The molecule has 0 aliphatic rings. The van der Waals surface area contributed by atoms with Gasteiger partial charge in [0, 0.05) is 10.6 Å². The smallest absolute Gasteiger partial charge is 0.246 e. The van der Waals surface area contributed by atoms with E-state index >= 15 is 0 Å². The van der Waals surface area contributed by atoms with Crippen molar-refractivity contribution in [2.45, 2.75) is 13.1 Å². The van der Waals surface area contributed by atoms with E-state index < -0.39 is 0 Å². The molecular weight excluding hydrogens is 366 g/mol. The van der Waals surface area contributed by atoms with E-state index in [1.54, 1.807) is 29.8 Å². The van der Waals surface area contributed by atoms with Gasteiger partial charge in [-0.1, -0.05) is 17.3 Å². The van der Waals surface area contributed by atoms with Crippen molar-refractivity contribution in [3.8, 4) is 16.5 Å². The highest BCUT2D eigenvalue weighted by Gasteiger charge is 2.15. The molecule has 0 fully saturated rings. The van der Waals surface area contributed by atoms with E-state index in [4.69, 9.17) is 9.26 Å². The zero-order valence-corrected chi connectivity index (χ0v) is 15.8. The van der Waals surface area contributed by atoms with E-state index in [0.29, 0.717) is 18.3 Å². The minimum absolute atomic E-state index is 0.544. The summed E-state index contributed by atoms with van der Waals surface area (Å²) in [5.41, 5.74) is 1.08. The molecule has 0 amide bonds. The van der Waals surface area contributed by atoms with E-state index in [9.17, 15) is 0 Å². The topological polar surface area (TPSA) is 51.4 Å². The van der Waals surface area contributed by atoms with Gasteiger partial charge in [-0.3, -0.25) is 0 Å². The van der Waals surface area contributed by atoms with Crippen LogP contribution >= 0.6 is 22.7 Å². The summed E-state index contributed by atoms with van der Waals surface area (Å²) in [6.45, 7) is 1.32. The molecule has 3 aromatic heterocycles. The molecular formula is C19H17N3O2S2. The highest BCUT2D eigenvalue weighted by Crippen LogP contribution is 2.26. The Morgan fingerprint density at radius 1 is 1.00 bits per heavy atom. The number of rotatable bonds is 7. The van der Waals surface area contributed by atoms with Crippen molar-refractivity contribution in [3.63, 3.8) is 0 Å². The van der Waals surface area contributed by atoms with E-state index in [1.807, 2.05) is 41.8 Å². The van der Waals surface area contributed by atoms with Crippen LogP contribution in [0, 0.1) is 0 Å². The van der Waals surface area contributed by atoms with Gasteiger partial charge in [0.25, 0.3) is 0 Å². The van der Waals surface area contributed by atoms with E-state index in [-0.39, 0.29) is 0 Å². The summed E-state index contributed by atoms with van der Waals surface area (Å²) in [5.74, 6) is 2.07. The minimum Gasteiger partial charge on any atom is -0.497 e.